The zero-order valence-electron chi connectivity index (χ0n) is 11.6. The van der Waals surface area contributed by atoms with Crippen molar-refractivity contribution in [2.75, 3.05) is 6.61 Å². The Morgan fingerprint density at radius 3 is 2.95 bits per heavy atom. The molecule has 108 valence electrons. The molecule has 0 aliphatic carbocycles. The first-order valence-corrected chi connectivity index (χ1v) is 7.40. The van der Waals surface area contributed by atoms with E-state index in [1.165, 1.54) is 16.4 Å². The first-order valence-electron chi connectivity index (χ1n) is 6.52. The van der Waals surface area contributed by atoms with E-state index >= 15 is 0 Å². The van der Waals surface area contributed by atoms with Crippen molar-refractivity contribution in [1.82, 2.24) is 9.66 Å². The molecule has 1 aliphatic heterocycles. The zero-order valence-corrected chi connectivity index (χ0v) is 12.4. The summed E-state index contributed by atoms with van der Waals surface area (Å²) in [6.45, 7) is 3.77. The summed E-state index contributed by atoms with van der Waals surface area (Å²) in [6, 6.07) is 7.08. The van der Waals surface area contributed by atoms with Crippen LogP contribution in [0.3, 0.4) is 0 Å². The highest BCUT2D eigenvalue weighted by molar-refractivity contribution is 8.01. The number of ether oxygens (including phenoxy) is 1. The number of aromatic nitrogens is 2. The molecule has 1 aliphatic rings. The Labute approximate surface area is 124 Å². The summed E-state index contributed by atoms with van der Waals surface area (Å²) in [5.41, 5.74) is 0.897. The van der Waals surface area contributed by atoms with Gasteiger partial charge in [0.25, 0.3) is 5.56 Å². The van der Waals surface area contributed by atoms with E-state index in [0.717, 1.165) is 0 Å². The fraction of sp³-hybridized carbons (Fsp3) is 0.286. The van der Waals surface area contributed by atoms with Crippen LogP contribution in [0.15, 0.2) is 39.3 Å². The Bertz CT molecular complexity index is 813. The standard InChI is InChI=1S/C14H13N3O3S/c1-3-20-13(19)11-8(2)16-17-12(18)9-6-4-5-7-10(9)15-14(17)21-11/h4-7,11H,3H2,1-2H3/t11-/m1/s1. The molecule has 0 N–H and O–H groups in total. The summed E-state index contributed by atoms with van der Waals surface area (Å²) >= 11 is 1.19. The highest BCUT2D eigenvalue weighted by atomic mass is 32.2. The molecule has 1 atom stereocenters. The second-order valence-electron chi connectivity index (χ2n) is 4.52. The van der Waals surface area contributed by atoms with Gasteiger partial charge in [0.1, 0.15) is 5.25 Å². The van der Waals surface area contributed by atoms with Gasteiger partial charge in [-0.15, -0.1) is 0 Å². The molecule has 0 saturated carbocycles. The maximum absolute atomic E-state index is 12.4. The van der Waals surface area contributed by atoms with Gasteiger partial charge in [-0.05, 0) is 26.0 Å². The largest absolute Gasteiger partial charge is 0.465 e. The Morgan fingerprint density at radius 1 is 1.43 bits per heavy atom. The van der Waals surface area contributed by atoms with E-state index in [1.807, 2.05) is 6.07 Å². The molecule has 21 heavy (non-hydrogen) atoms. The first-order chi connectivity index (χ1) is 10.1. The molecule has 1 aromatic heterocycles. The lowest BCUT2D eigenvalue weighted by Crippen LogP contribution is -2.34. The average molecular weight is 303 g/mol. The van der Waals surface area contributed by atoms with Gasteiger partial charge in [-0.3, -0.25) is 9.59 Å². The molecule has 0 spiro atoms. The Kier molecular flexibility index (Phi) is 3.50. The molecule has 0 unspecified atom stereocenters. The van der Waals surface area contributed by atoms with E-state index in [1.54, 1.807) is 32.0 Å². The number of fused-ring (bicyclic) bond motifs is 2. The Balaban J connectivity index is 2.13. The van der Waals surface area contributed by atoms with E-state index < -0.39 is 5.25 Å². The van der Waals surface area contributed by atoms with Crippen molar-refractivity contribution in [2.24, 2.45) is 5.10 Å². The molecule has 0 saturated heterocycles. The third-order valence-corrected chi connectivity index (χ3v) is 4.33. The van der Waals surface area contributed by atoms with Crippen molar-refractivity contribution >= 4 is 34.3 Å². The van der Waals surface area contributed by atoms with Crippen molar-refractivity contribution in [2.45, 2.75) is 24.3 Å². The van der Waals surface area contributed by atoms with Crippen LogP contribution in [0.5, 0.6) is 0 Å². The van der Waals surface area contributed by atoms with Gasteiger partial charge in [-0.1, -0.05) is 23.9 Å². The smallest absolute Gasteiger partial charge is 0.325 e. The quantitative estimate of drug-likeness (QED) is 0.623. The summed E-state index contributed by atoms with van der Waals surface area (Å²) in [7, 11) is 0. The number of rotatable bonds is 2. The predicted molar refractivity (Wildman–Crippen MR) is 80.8 cm³/mol. The minimum atomic E-state index is -0.557. The van der Waals surface area contributed by atoms with E-state index in [9.17, 15) is 9.59 Å². The van der Waals surface area contributed by atoms with Crippen molar-refractivity contribution in [3.05, 3.63) is 34.6 Å². The lowest BCUT2D eigenvalue weighted by atomic mass is 10.2. The van der Waals surface area contributed by atoms with Crippen molar-refractivity contribution < 1.29 is 9.53 Å². The molecular weight excluding hydrogens is 290 g/mol. The van der Waals surface area contributed by atoms with Gasteiger partial charge in [0, 0.05) is 0 Å². The summed E-state index contributed by atoms with van der Waals surface area (Å²) in [4.78, 5) is 28.7. The van der Waals surface area contributed by atoms with Crippen LogP contribution in [-0.4, -0.2) is 33.2 Å². The number of carbonyl (C=O) groups excluding carboxylic acids is 1. The minimum absolute atomic E-state index is 0.232. The third-order valence-electron chi connectivity index (χ3n) is 3.09. The van der Waals surface area contributed by atoms with Crippen molar-refractivity contribution in [3.8, 4) is 0 Å². The molecule has 6 nitrogen and oxygen atoms in total. The van der Waals surface area contributed by atoms with Gasteiger partial charge >= 0.3 is 5.97 Å². The lowest BCUT2D eigenvalue weighted by Gasteiger charge is -2.20. The summed E-state index contributed by atoms with van der Waals surface area (Å²) in [5.74, 6) is -0.364. The van der Waals surface area contributed by atoms with Crippen LogP contribution in [0.4, 0.5) is 0 Å². The van der Waals surface area contributed by atoms with Crippen molar-refractivity contribution in [3.63, 3.8) is 0 Å². The van der Waals surface area contributed by atoms with E-state index in [0.29, 0.717) is 28.4 Å². The Morgan fingerprint density at radius 2 is 2.19 bits per heavy atom. The molecule has 0 fully saturated rings. The maximum Gasteiger partial charge on any atom is 0.325 e. The maximum atomic E-state index is 12.4. The van der Waals surface area contributed by atoms with Gasteiger partial charge in [0.05, 0.1) is 23.2 Å². The van der Waals surface area contributed by atoms with Crippen molar-refractivity contribution in [1.29, 1.82) is 0 Å². The molecule has 1 aromatic carbocycles. The van der Waals surface area contributed by atoms with Crippen LogP contribution in [0.25, 0.3) is 10.9 Å². The van der Waals surface area contributed by atoms with Crippen LogP contribution in [-0.2, 0) is 9.53 Å². The summed E-state index contributed by atoms with van der Waals surface area (Å²) < 4.78 is 6.28. The second-order valence-corrected chi connectivity index (χ2v) is 5.59. The third kappa shape index (κ3) is 2.33. The molecule has 7 heteroatoms. The number of benzene rings is 1. The van der Waals surface area contributed by atoms with Crippen LogP contribution in [0.2, 0.25) is 0 Å². The fourth-order valence-corrected chi connectivity index (χ4v) is 3.07. The number of hydrogen-bond acceptors (Lipinski definition) is 6. The molecule has 2 heterocycles. The molecular formula is C14H13N3O3S. The fourth-order valence-electron chi connectivity index (χ4n) is 2.11. The molecule has 2 aromatic rings. The highest BCUT2D eigenvalue weighted by Crippen LogP contribution is 2.28. The SMILES string of the molecule is CCOC(=O)[C@@H]1Sc2nc3ccccc3c(=O)n2N=C1C. The lowest BCUT2D eigenvalue weighted by molar-refractivity contribution is -0.141. The summed E-state index contributed by atoms with van der Waals surface area (Å²) in [5, 5.41) is 4.57. The topological polar surface area (TPSA) is 73.5 Å². The van der Waals surface area contributed by atoms with Crippen LogP contribution < -0.4 is 5.56 Å². The van der Waals surface area contributed by atoms with E-state index in [-0.39, 0.29) is 11.5 Å². The Hall–Kier alpha value is -2.15. The van der Waals surface area contributed by atoms with Crippen LogP contribution in [0, 0.1) is 0 Å². The van der Waals surface area contributed by atoms with Crippen LogP contribution >= 0.6 is 11.8 Å². The van der Waals surface area contributed by atoms with E-state index in [4.69, 9.17) is 4.74 Å². The highest BCUT2D eigenvalue weighted by Gasteiger charge is 2.31. The normalized spacial score (nSPS) is 17.2. The molecule has 0 radical (unpaired) electrons. The number of para-hydroxylation sites is 1. The minimum Gasteiger partial charge on any atom is -0.465 e. The monoisotopic (exact) mass is 303 g/mol. The van der Waals surface area contributed by atoms with Gasteiger partial charge < -0.3 is 4.74 Å². The predicted octanol–water partition coefficient (Wildman–Crippen LogP) is 1.66. The molecule has 0 bridgehead atoms. The van der Waals surface area contributed by atoms with E-state index in [2.05, 4.69) is 10.1 Å². The van der Waals surface area contributed by atoms with Gasteiger partial charge in [0.2, 0.25) is 0 Å². The number of esters is 1. The second kappa shape index (κ2) is 5.33. The molecule has 0 amide bonds. The average Bonchev–Trinajstić information content (AvgIpc) is 2.48. The number of carbonyl (C=O) groups is 1. The van der Waals surface area contributed by atoms with Gasteiger partial charge in [0.15, 0.2) is 5.16 Å². The number of nitrogens with zero attached hydrogens (tertiary/aromatic N) is 3. The van der Waals surface area contributed by atoms with Crippen LogP contribution in [0.1, 0.15) is 13.8 Å². The van der Waals surface area contributed by atoms with Gasteiger partial charge in [-0.2, -0.15) is 9.78 Å². The first kappa shape index (κ1) is 13.8. The summed E-state index contributed by atoms with van der Waals surface area (Å²) in [6.07, 6.45) is 0. The number of thioether (sulfide) groups is 1. The van der Waals surface area contributed by atoms with Gasteiger partial charge in [-0.25, -0.2) is 4.98 Å². The zero-order chi connectivity index (χ0) is 15.0. The molecule has 3 rings (SSSR count). The number of hydrogen-bond donors (Lipinski definition) is 0.